The first-order valence-corrected chi connectivity index (χ1v) is 5.04. The van der Waals surface area contributed by atoms with Crippen molar-refractivity contribution in [2.75, 3.05) is 11.9 Å². The molecular weight excluding hydrogens is 176 g/mol. The summed E-state index contributed by atoms with van der Waals surface area (Å²) in [7, 11) is 1.75. The van der Waals surface area contributed by atoms with Crippen molar-refractivity contribution in [3.05, 3.63) is 28.7 Å². The summed E-state index contributed by atoms with van der Waals surface area (Å²) in [6, 6.07) is 3.55. The fraction of sp³-hybridized carbons (Fsp3) is 0.545. The molecule has 0 radical (unpaired) electrons. The van der Waals surface area contributed by atoms with Crippen LogP contribution < -0.4 is 10.9 Å². The van der Waals surface area contributed by atoms with Crippen LogP contribution in [0.5, 0.6) is 0 Å². The molecule has 3 nitrogen and oxygen atoms in total. The Kier molecular flexibility index (Phi) is 3.74. The first-order chi connectivity index (χ1) is 6.63. The van der Waals surface area contributed by atoms with Crippen LogP contribution in [0.2, 0.25) is 0 Å². The maximum absolute atomic E-state index is 11.3. The van der Waals surface area contributed by atoms with Crippen molar-refractivity contribution < 1.29 is 0 Å². The topological polar surface area (TPSA) is 34.0 Å². The monoisotopic (exact) mass is 194 g/mol. The molecule has 1 aromatic rings. The van der Waals surface area contributed by atoms with E-state index >= 15 is 0 Å². The average molecular weight is 194 g/mol. The van der Waals surface area contributed by atoms with Gasteiger partial charge in [-0.25, -0.2) is 0 Å². The predicted octanol–water partition coefficient (Wildman–Crippen LogP) is 1.84. The minimum Gasteiger partial charge on any atom is -0.385 e. The third kappa shape index (κ3) is 2.91. The van der Waals surface area contributed by atoms with E-state index in [1.54, 1.807) is 23.9 Å². The minimum atomic E-state index is 0.0270. The van der Waals surface area contributed by atoms with E-state index < -0.39 is 0 Å². The lowest BCUT2D eigenvalue weighted by molar-refractivity contribution is 0.593. The van der Waals surface area contributed by atoms with Gasteiger partial charge in [0.25, 0.3) is 5.56 Å². The lowest BCUT2D eigenvalue weighted by Crippen LogP contribution is -2.17. The van der Waals surface area contributed by atoms with Gasteiger partial charge in [-0.05, 0) is 12.0 Å². The molecule has 3 heteroatoms. The van der Waals surface area contributed by atoms with E-state index in [4.69, 9.17) is 0 Å². The van der Waals surface area contributed by atoms with E-state index in [1.807, 2.05) is 6.07 Å². The molecule has 0 aromatic carbocycles. The van der Waals surface area contributed by atoms with E-state index in [-0.39, 0.29) is 5.56 Å². The van der Waals surface area contributed by atoms with Crippen molar-refractivity contribution in [1.29, 1.82) is 0 Å². The quantitative estimate of drug-likeness (QED) is 0.793. The Hall–Kier alpha value is -1.25. The van der Waals surface area contributed by atoms with Gasteiger partial charge in [0.1, 0.15) is 0 Å². The number of aryl methyl sites for hydroxylation is 1. The number of nitrogens with one attached hydrogen (secondary N) is 1. The molecule has 1 aromatic heterocycles. The smallest absolute Gasteiger partial charge is 0.252 e. The summed E-state index contributed by atoms with van der Waals surface area (Å²) in [5, 5.41) is 3.25. The van der Waals surface area contributed by atoms with Crippen molar-refractivity contribution >= 4 is 5.69 Å². The van der Waals surface area contributed by atoms with Gasteiger partial charge in [0.2, 0.25) is 0 Å². The lowest BCUT2D eigenvalue weighted by atomic mass is 10.1. The molecule has 14 heavy (non-hydrogen) atoms. The van der Waals surface area contributed by atoms with Gasteiger partial charge < -0.3 is 9.88 Å². The molecule has 1 heterocycles. The van der Waals surface area contributed by atoms with Gasteiger partial charge in [-0.1, -0.05) is 20.3 Å². The number of pyridine rings is 1. The van der Waals surface area contributed by atoms with Crippen LogP contribution in [0.3, 0.4) is 0 Å². The van der Waals surface area contributed by atoms with Crippen molar-refractivity contribution in [3.8, 4) is 0 Å². The van der Waals surface area contributed by atoms with E-state index in [0.29, 0.717) is 5.92 Å². The highest BCUT2D eigenvalue weighted by atomic mass is 16.1. The zero-order chi connectivity index (χ0) is 10.6. The zero-order valence-electron chi connectivity index (χ0n) is 9.08. The molecule has 1 atom stereocenters. The van der Waals surface area contributed by atoms with Gasteiger partial charge in [-0.2, -0.15) is 0 Å². The van der Waals surface area contributed by atoms with Crippen LogP contribution in [-0.4, -0.2) is 11.1 Å². The second kappa shape index (κ2) is 4.84. The van der Waals surface area contributed by atoms with Gasteiger partial charge in [-0.15, -0.1) is 0 Å². The number of anilines is 1. The summed E-state index contributed by atoms with van der Waals surface area (Å²) in [6.45, 7) is 5.27. The van der Waals surface area contributed by atoms with Crippen LogP contribution in [0, 0.1) is 5.92 Å². The van der Waals surface area contributed by atoms with Crippen molar-refractivity contribution in [1.82, 2.24) is 4.57 Å². The fourth-order valence-corrected chi connectivity index (χ4v) is 1.09. The second-order valence-electron chi connectivity index (χ2n) is 3.76. The van der Waals surface area contributed by atoms with Crippen molar-refractivity contribution in [3.63, 3.8) is 0 Å². The summed E-state index contributed by atoms with van der Waals surface area (Å²) in [5.41, 5.74) is 0.938. The van der Waals surface area contributed by atoms with Gasteiger partial charge in [-0.3, -0.25) is 4.79 Å². The summed E-state index contributed by atoms with van der Waals surface area (Å²) in [5.74, 6) is 0.638. The van der Waals surface area contributed by atoms with Crippen LogP contribution in [-0.2, 0) is 7.05 Å². The first kappa shape index (κ1) is 10.8. The summed E-state index contributed by atoms with van der Waals surface area (Å²) in [4.78, 5) is 11.3. The molecule has 1 unspecified atom stereocenters. The number of nitrogens with zero attached hydrogens (tertiary/aromatic N) is 1. The molecule has 0 aliphatic heterocycles. The molecule has 0 amide bonds. The normalized spacial score (nSPS) is 12.5. The van der Waals surface area contributed by atoms with Crippen molar-refractivity contribution in [2.24, 2.45) is 13.0 Å². The third-order valence-corrected chi connectivity index (χ3v) is 2.46. The molecule has 1 rings (SSSR count). The Morgan fingerprint density at radius 2 is 2.29 bits per heavy atom. The summed E-state index contributed by atoms with van der Waals surface area (Å²) < 4.78 is 1.56. The number of hydrogen-bond acceptors (Lipinski definition) is 2. The first-order valence-electron chi connectivity index (χ1n) is 5.04. The third-order valence-electron chi connectivity index (χ3n) is 2.46. The molecular formula is C11H18N2O. The Morgan fingerprint density at radius 3 is 2.86 bits per heavy atom. The average Bonchev–Trinajstić information content (AvgIpc) is 2.19. The number of rotatable bonds is 4. The van der Waals surface area contributed by atoms with Crippen molar-refractivity contribution in [2.45, 2.75) is 20.3 Å². The predicted molar refractivity (Wildman–Crippen MR) is 59.6 cm³/mol. The van der Waals surface area contributed by atoms with E-state index in [9.17, 15) is 4.79 Å². The van der Waals surface area contributed by atoms with Gasteiger partial charge in [0.15, 0.2) is 0 Å². The highest BCUT2D eigenvalue weighted by molar-refractivity contribution is 5.40. The highest BCUT2D eigenvalue weighted by Gasteiger charge is 1.99. The van der Waals surface area contributed by atoms with Crippen LogP contribution in [0.1, 0.15) is 20.3 Å². The maximum atomic E-state index is 11.3. The molecule has 0 fully saturated rings. The molecule has 1 N–H and O–H groups in total. The van der Waals surface area contributed by atoms with Crippen LogP contribution in [0.25, 0.3) is 0 Å². The maximum Gasteiger partial charge on any atom is 0.252 e. The molecule has 0 aliphatic carbocycles. The van der Waals surface area contributed by atoms with Crippen LogP contribution in [0.15, 0.2) is 23.1 Å². The number of aromatic nitrogens is 1. The minimum absolute atomic E-state index is 0.0270. The van der Waals surface area contributed by atoms with Gasteiger partial charge >= 0.3 is 0 Å². The molecule has 78 valence electrons. The van der Waals surface area contributed by atoms with Gasteiger partial charge in [0.05, 0.1) is 0 Å². The van der Waals surface area contributed by atoms with E-state index in [1.165, 1.54) is 0 Å². The molecule has 0 bridgehead atoms. The Bertz CT molecular complexity index is 343. The zero-order valence-corrected chi connectivity index (χ0v) is 9.08. The van der Waals surface area contributed by atoms with Gasteiger partial charge in [0, 0.05) is 31.5 Å². The lowest BCUT2D eigenvalue weighted by Gasteiger charge is -2.11. The van der Waals surface area contributed by atoms with Crippen LogP contribution >= 0.6 is 0 Å². The number of hydrogen-bond donors (Lipinski definition) is 1. The van der Waals surface area contributed by atoms with E-state index in [0.717, 1.165) is 18.7 Å². The Balaban J connectivity index is 2.60. The summed E-state index contributed by atoms with van der Waals surface area (Å²) >= 11 is 0. The highest BCUT2D eigenvalue weighted by Crippen LogP contribution is 2.05. The van der Waals surface area contributed by atoms with E-state index in [2.05, 4.69) is 19.2 Å². The SMILES string of the molecule is CCC(C)CNc1ccn(C)c(=O)c1. The van der Waals surface area contributed by atoms with Crippen LogP contribution in [0.4, 0.5) is 5.69 Å². The standard InChI is InChI=1S/C11H18N2O/c1-4-9(2)8-12-10-5-6-13(3)11(14)7-10/h5-7,9,12H,4,8H2,1-3H3. The molecule has 0 saturated carbocycles. The molecule has 0 spiro atoms. The second-order valence-corrected chi connectivity index (χ2v) is 3.76. The summed E-state index contributed by atoms with van der Waals surface area (Å²) in [6.07, 6.45) is 2.93. The fourth-order valence-electron chi connectivity index (χ4n) is 1.09. The molecule has 0 saturated heterocycles. The Labute approximate surface area is 84.8 Å². The largest absolute Gasteiger partial charge is 0.385 e. The molecule has 0 aliphatic rings. The Morgan fingerprint density at radius 1 is 1.57 bits per heavy atom.